The van der Waals surface area contributed by atoms with E-state index in [1.165, 1.54) is 86.8 Å². The van der Waals surface area contributed by atoms with E-state index in [1.807, 2.05) is 23.9 Å². The van der Waals surface area contributed by atoms with Gasteiger partial charge in [0.2, 0.25) is 0 Å². The highest BCUT2D eigenvalue weighted by atomic mass is 32.2. The Morgan fingerprint density at radius 1 is 0.532 bits per heavy atom. The van der Waals surface area contributed by atoms with Crippen LogP contribution in [0.25, 0.3) is 105 Å². The summed E-state index contributed by atoms with van der Waals surface area (Å²) in [6.07, 6.45) is 1.81. The van der Waals surface area contributed by atoms with Crippen LogP contribution in [0, 0.1) is 0 Å². The first-order valence-electron chi connectivity index (χ1n) is 21.4. The molecule has 0 fully saturated rings. The van der Waals surface area contributed by atoms with Crippen molar-refractivity contribution >= 4 is 77.2 Å². The van der Waals surface area contributed by atoms with Crippen molar-refractivity contribution in [2.45, 2.75) is 28.6 Å². The molecule has 62 heavy (non-hydrogen) atoms. The third-order valence-electron chi connectivity index (χ3n) is 13.4. The predicted octanol–water partition coefficient (Wildman–Crippen LogP) is 15.3. The van der Waals surface area contributed by atoms with E-state index in [2.05, 4.69) is 174 Å². The van der Waals surface area contributed by atoms with Crippen molar-refractivity contribution in [2.24, 2.45) is 0 Å². The van der Waals surface area contributed by atoms with Crippen LogP contribution < -0.4 is 0 Å². The lowest BCUT2D eigenvalue weighted by molar-refractivity contribution is 0.657. The highest BCUT2D eigenvalue weighted by Crippen LogP contribution is 2.50. The molecule has 12 aromatic rings. The van der Waals surface area contributed by atoms with Crippen LogP contribution in [-0.4, -0.2) is 14.5 Å². The number of aromatic nitrogens is 3. The maximum Gasteiger partial charge on any atom is 0.180 e. The second kappa shape index (κ2) is 13.0. The maximum absolute atomic E-state index is 6.63. The zero-order chi connectivity index (χ0) is 40.5. The van der Waals surface area contributed by atoms with Gasteiger partial charge in [0.25, 0.3) is 0 Å². The Hall–Kier alpha value is -7.47. The number of hydrogen-bond acceptors (Lipinski definition) is 4. The number of fused-ring (bicyclic) bond motifs is 14. The summed E-state index contributed by atoms with van der Waals surface area (Å²) in [5, 5.41) is 8.42. The Morgan fingerprint density at radius 2 is 1.26 bits per heavy atom. The lowest BCUT2D eigenvalue weighted by atomic mass is 9.87. The van der Waals surface area contributed by atoms with Crippen LogP contribution in [0.2, 0.25) is 0 Å². The minimum absolute atomic E-state index is 0.0400. The molecule has 1 atom stereocenters. The Morgan fingerprint density at radius 3 is 2.19 bits per heavy atom. The van der Waals surface area contributed by atoms with E-state index >= 15 is 0 Å². The van der Waals surface area contributed by atoms with Gasteiger partial charge in [-0.05, 0) is 98.8 Å². The van der Waals surface area contributed by atoms with Gasteiger partial charge in [-0.1, -0.05) is 157 Å². The van der Waals surface area contributed by atoms with Crippen molar-refractivity contribution in [3.05, 3.63) is 199 Å². The molecule has 0 amide bonds. The summed E-state index contributed by atoms with van der Waals surface area (Å²) in [7, 11) is 0. The van der Waals surface area contributed by atoms with Crippen LogP contribution in [0.4, 0.5) is 0 Å². The van der Waals surface area contributed by atoms with Crippen molar-refractivity contribution in [2.75, 3.05) is 0 Å². The second-order valence-electron chi connectivity index (χ2n) is 16.7. The van der Waals surface area contributed by atoms with Crippen LogP contribution in [0.5, 0.6) is 0 Å². The fourth-order valence-electron chi connectivity index (χ4n) is 10.6. The molecule has 1 unspecified atom stereocenters. The molecule has 14 rings (SSSR count). The number of aryl methyl sites for hydroxylation is 1. The summed E-state index contributed by atoms with van der Waals surface area (Å²) in [6.45, 7) is 0. The summed E-state index contributed by atoms with van der Waals surface area (Å²) < 4.78 is 9.16. The van der Waals surface area contributed by atoms with Crippen LogP contribution in [0.3, 0.4) is 0 Å². The molecule has 3 aromatic heterocycles. The average molecular weight is 810 g/mol. The second-order valence-corrected chi connectivity index (χ2v) is 17.8. The summed E-state index contributed by atoms with van der Waals surface area (Å²) in [5.74, 6) is 0.788. The van der Waals surface area contributed by atoms with Crippen LogP contribution in [0.1, 0.15) is 29.3 Å². The van der Waals surface area contributed by atoms with Crippen LogP contribution >= 0.6 is 11.8 Å². The highest BCUT2D eigenvalue weighted by Gasteiger charge is 2.30. The third-order valence-corrected chi connectivity index (χ3v) is 14.5. The SMILES string of the molecule is c1ccc2c(c1)CCC(c1nc(-c3cccc4ccccc34)c3oc4ccccc4c3n1)c1ccc(-c3ccc4c5cccc6c5n(c4c3)-c3c(ccc4ccccc34)S6)cc1-2. The van der Waals surface area contributed by atoms with Crippen LogP contribution in [-0.2, 0) is 6.42 Å². The van der Waals surface area contributed by atoms with Gasteiger partial charge in [-0.25, -0.2) is 9.97 Å². The van der Waals surface area contributed by atoms with E-state index in [0.29, 0.717) is 0 Å². The number of nitrogens with zero attached hydrogens (tertiary/aromatic N) is 3. The number of benzene rings is 9. The summed E-state index contributed by atoms with van der Waals surface area (Å²) in [6, 6.07) is 66.4. The van der Waals surface area contributed by atoms with Crippen molar-refractivity contribution in [3.8, 4) is 39.2 Å². The fraction of sp³-hybridized carbons (Fsp3) is 0.0526. The van der Waals surface area contributed by atoms with Crippen LogP contribution in [0.15, 0.2) is 196 Å². The largest absolute Gasteiger partial charge is 0.452 e. The van der Waals surface area contributed by atoms with Gasteiger partial charge < -0.3 is 8.98 Å². The zero-order valence-corrected chi connectivity index (χ0v) is 34.3. The van der Waals surface area contributed by atoms with Gasteiger partial charge in [0, 0.05) is 42.8 Å². The first-order valence-corrected chi connectivity index (χ1v) is 22.2. The van der Waals surface area contributed by atoms with Gasteiger partial charge in [-0.3, -0.25) is 0 Å². The normalized spacial score (nSPS) is 14.4. The number of rotatable bonds is 3. The molecule has 9 aromatic carbocycles. The summed E-state index contributed by atoms with van der Waals surface area (Å²) >= 11 is 1.88. The standard InChI is InChI=1S/C57H35N3OS/c1-4-15-38-33(11-1)14-9-19-43(38)52-56-53(46-18-7-8-21-49(46)61-56)59-57(58-52)45-29-23-34-12-2-5-16-39(34)47-31-36(24-27-41(45)47)37-25-28-42-44-20-10-22-50-55(44)60(48(42)32-37)54-40-17-6-3-13-35(40)26-30-51(54)62-50/h1-22,24-28,30-32,45H,23,29H2. The highest BCUT2D eigenvalue weighted by molar-refractivity contribution is 7.99. The molecule has 290 valence electrons. The molecule has 0 N–H and O–H groups in total. The monoisotopic (exact) mass is 809 g/mol. The molecule has 1 aliphatic carbocycles. The lowest BCUT2D eigenvalue weighted by Gasteiger charge is -2.22. The van der Waals surface area contributed by atoms with Gasteiger partial charge in [0.1, 0.15) is 22.6 Å². The number of para-hydroxylation sites is 2. The Bertz CT molecular complexity index is 3870. The summed E-state index contributed by atoms with van der Waals surface area (Å²) in [4.78, 5) is 13.6. The van der Waals surface area contributed by atoms with E-state index in [-0.39, 0.29) is 5.92 Å². The van der Waals surface area contributed by atoms with Gasteiger partial charge in [0.15, 0.2) is 5.58 Å². The van der Waals surface area contributed by atoms with Crippen molar-refractivity contribution < 1.29 is 4.42 Å². The molecule has 0 radical (unpaired) electrons. The van der Waals surface area contributed by atoms with Crippen molar-refractivity contribution in [3.63, 3.8) is 0 Å². The van der Waals surface area contributed by atoms with E-state index in [1.54, 1.807) is 0 Å². The first kappa shape index (κ1) is 34.3. The smallest absolute Gasteiger partial charge is 0.180 e. The quantitative estimate of drug-likeness (QED) is 0.178. The molecular weight excluding hydrogens is 775 g/mol. The predicted molar refractivity (Wildman–Crippen MR) is 256 cm³/mol. The van der Waals surface area contributed by atoms with E-state index in [0.717, 1.165) is 57.4 Å². The topological polar surface area (TPSA) is 43.9 Å². The molecule has 1 aliphatic heterocycles. The average Bonchev–Trinajstić information content (AvgIpc) is 3.82. The Balaban J connectivity index is 0.980. The first-order chi connectivity index (χ1) is 30.7. The molecule has 0 spiro atoms. The van der Waals surface area contributed by atoms with Gasteiger partial charge in [0.05, 0.1) is 16.7 Å². The fourth-order valence-corrected chi connectivity index (χ4v) is 11.7. The summed E-state index contributed by atoms with van der Waals surface area (Å²) in [5.41, 5.74) is 15.6. The molecule has 0 saturated carbocycles. The minimum Gasteiger partial charge on any atom is -0.452 e. The zero-order valence-electron chi connectivity index (χ0n) is 33.5. The molecule has 2 aliphatic rings. The van der Waals surface area contributed by atoms with Crippen molar-refractivity contribution in [1.29, 1.82) is 0 Å². The van der Waals surface area contributed by atoms with E-state index < -0.39 is 0 Å². The van der Waals surface area contributed by atoms with Gasteiger partial charge in [-0.15, -0.1) is 0 Å². The van der Waals surface area contributed by atoms with E-state index in [9.17, 15) is 0 Å². The van der Waals surface area contributed by atoms with Gasteiger partial charge >= 0.3 is 0 Å². The number of furan rings is 1. The molecule has 5 heteroatoms. The third kappa shape index (κ3) is 4.91. The van der Waals surface area contributed by atoms with Gasteiger partial charge in [-0.2, -0.15) is 0 Å². The number of hydrogen-bond donors (Lipinski definition) is 0. The Kier molecular flexibility index (Phi) is 7.19. The molecule has 4 nitrogen and oxygen atoms in total. The van der Waals surface area contributed by atoms with E-state index in [4.69, 9.17) is 14.4 Å². The molecule has 4 heterocycles. The molecular formula is C57H35N3OS. The molecule has 0 saturated heterocycles. The minimum atomic E-state index is -0.0400. The maximum atomic E-state index is 6.63. The van der Waals surface area contributed by atoms with Crippen molar-refractivity contribution in [1.82, 2.24) is 14.5 Å². The lowest BCUT2D eigenvalue weighted by Crippen LogP contribution is -2.08. The Labute approximate surface area is 361 Å². The molecule has 0 bridgehead atoms.